The van der Waals surface area contributed by atoms with Crippen LogP contribution in [0.15, 0.2) is 18.2 Å². The molecule has 1 amide bonds. The Hall–Kier alpha value is -1.55. The van der Waals surface area contributed by atoms with Crippen LogP contribution in [0, 0.1) is 13.8 Å². The van der Waals surface area contributed by atoms with Gasteiger partial charge in [0, 0.05) is 19.5 Å². The third kappa shape index (κ3) is 5.19. The number of carbonyl (C=O) groups is 1. The average Bonchev–Trinajstić information content (AvgIpc) is 2.36. The predicted octanol–water partition coefficient (Wildman–Crippen LogP) is 1.54. The summed E-state index contributed by atoms with van der Waals surface area (Å²) in [6, 6.07) is 6.01. The van der Waals surface area contributed by atoms with Crippen LogP contribution in [0.1, 0.15) is 24.0 Å². The quantitative estimate of drug-likeness (QED) is 0.721. The molecule has 0 spiro atoms. The molecule has 4 heteroatoms. The van der Waals surface area contributed by atoms with Crippen LogP contribution in [0.2, 0.25) is 0 Å². The van der Waals surface area contributed by atoms with Crippen molar-refractivity contribution in [3.63, 3.8) is 0 Å². The molecule has 0 heterocycles. The van der Waals surface area contributed by atoms with Crippen LogP contribution < -0.4 is 15.8 Å². The highest BCUT2D eigenvalue weighted by Gasteiger charge is 2.01. The molecule has 0 saturated carbocycles. The van der Waals surface area contributed by atoms with Gasteiger partial charge in [-0.1, -0.05) is 6.07 Å². The van der Waals surface area contributed by atoms with Gasteiger partial charge in [-0.3, -0.25) is 4.79 Å². The summed E-state index contributed by atoms with van der Waals surface area (Å²) >= 11 is 0. The summed E-state index contributed by atoms with van der Waals surface area (Å²) in [5.41, 5.74) is 7.76. The van der Waals surface area contributed by atoms with E-state index in [4.69, 9.17) is 10.5 Å². The van der Waals surface area contributed by atoms with E-state index in [0.717, 1.165) is 5.75 Å². The van der Waals surface area contributed by atoms with E-state index in [0.29, 0.717) is 32.5 Å². The van der Waals surface area contributed by atoms with E-state index in [2.05, 4.69) is 19.2 Å². The monoisotopic (exact) mass is 250 g/mol. The van der Waals surface area contributed by atoms with Crippen LogP contribution in [0.4, 0.5) is 0 Å². The highest BCUT2D eigenvalue weighted by atomic mass is 16.5. The summed E-state index contributed by atoms with van der Waals surface area (Å²) in [4.78, 5) is 11.3. The van der Waals surface area contributed by atoms with Crippen molar-refractivity contribution in [1.82, 2.24) is 5.32 Å². The Kier molecular flexibility index (Phi) is 6.22. The Labute approximate surface area is 109 Å². The summed E-state index contributed by atoms with van der Waals surface area (Å²) in [5.74, 6) is 0.893. The number of ether oxygens (including phenoxy) is 1. The number of nitrogens with two attached hydrogens (primary N) is 1. The Bertz CT molecular complexity index is 391. The second-order valence-corrected chi connectivity index (χ2v) is 4.34. The first kappa shape index (κ1) is 14.5. The molecule has 0 unspecified atom stereocenters. The number of aryl methyl sites for hydroxylation is 2. The maximum absolute atomic E-state index is 11.3. The van der Waals surface area contributed by atoms with Gasteiger partial charge in [0.25, 0.3) is 0 Å². The summed E-state index contributed by atoms with van der Waals surface area (Å²) in [5, 5.41) is 2.73. The smallest absolute Gasteiger partial charge is 0.220 e. The molecular formula is C14H22N2O2. The van der Waals surface area contributed by atoms with E-state index in [1.807, 2.05) is 18.2 Å². The van der Waals surface area contributed by atoms with Crippen LogP contribution in [-0.2, 0) is 4.79 Å². The fourth-order valence-electron chi connectivity index (χ4n) is 1.53. The summed E-state index contributed by atoms with van der Waals surface area (Å²) < 4.78 is 5.59. The van der Waals surface area contributed by atoms with Crippen molar-refractivity contribution in [2.24, 2.45) is 5.73 Å². The zero-order chi connectivity index (χ0) is 13.4. The molecule has 100 valence electrons. The minimum Gasteiger partial charge on any atom is -0.494 e. The molecule has 3 N–H and O–H groups in total. The van der Waals surface area contributed by atoms with Crippen molar-refractivity contribution in [2.75, 3.05) is 19.7 Å². The van der Waals surface area contributed by atoms with Crippen molar-refractivity contribution in [2.45, 2.75) is 26.7 Å². The molecule has 4 nitrogen and oxygen atoms in total. The molecule has 0 atom stereocenters. The van der Waals surface area contributed by atoms with Gasteiger partial charge in [-0.2, -0.15) is 0 Å². The van der Waals surface area contributed by atoms with Gasteiger partial charge in [0.05, 0.1) is 6.61 Å². The van der Waals surface area contributed by atoms with Gasteiger partial charge in [-0.15, -0.1) is 0 Å². The first-order chi connectivity index (χ1) is 8.63. The molecule has 0 aromatic heterocycles. The number of hydrogen-bond donors (Lipinski definition) is 2. The molecule has 0 aliphatic heterocycles. The van der Waals surface area contributed by atoms with Gasteiger partial charge >= 0.3 is 0 Å². The third-order valence-corrected chi connectivity index (χ3v) is 2.76. The van der Waals surface area contributed by atoms with Crippen molar-refractivity contribution in [1.29, 1.82) is 0 Å². The van der Waals surface area contributed by atoms with E-state index in [-0.39, 0.29) is 5.91 Å². The van der Waals surface area contributed by atoms with Crippen molar-refractivity contribution in [3.8, 4) is 5.75 Å². The van der Waals surface area contributed by atoms with Crippen LogP contribution in [-0.4, -0.2) is 25.6 Å². The van der Waals surface area contributed by atoms with E-state index < -0.39 is 0 Å². The Balaban J connectivity index is 2.21. The minimum atomic E-state index is 0.0316. The number of hydrogen-bond acceptors (Lipinski definition) is 3. The topological polar surface area (TPSA) is 64.3 Å². The third-order valence-electron chi connectivity index (χ3n) is 2.76. The average molecular weight is 250 g/mol. The van der Waals surface area contributed by atoms with Crippen LogP contribution >= 0.6 is 0 Å². The molecule has 0 fully saturated rings. The lowest BCUT2D eigenvalue weighted by atomic mass is 10.1. The molecule has 0 aliphatic carbocycles. The normalized spacial score (nSPS) is 10.2. The number of benzene rings is 1. The SMILES string of the molecule is Cc1ccc(OCCCC(=O)NCCN)cc1C. The van der Waals surface area contributed by atoms with Gasteiger partial charge in [0.2, 0.25) is 5.91 Å². The lowest BCUT2D eigenvalue weighted by molar-refractivity contribution is -0.121. The predicted molar refractivity (Wildman–Crippen MR) is 72.7 cm³/mol. The largest absolute Gasteiger partial charge is 0.494 e. The molecule has 0 radical (unpaired) electrons. The van der Waals surface area contributed by atoms with Crippen LogP contribution in [0.3, 0.4) is 0 Å². The van der Waals surface area contributed by atoms with E-state index >= 15 is 0 Å². The van der Waals surface area contributed by atoms with Gasteiger partial charge in [-0.05, 0) is 43.5 Å². The number of rotatable bonds is 7. The second-order valence-electron chi connectivity index (χ2n) is 4.34. The number of nitrogens with one attached hydrogen (secondary N) is 1. The molecule has 0 bridgehead atoms. The molecule has 0 saturated heterocycles. The van der Waals surface area contributed by atoms with Crippen molar-refractivity contribution < 1.29 is 9.53 Å². The number of carbonyl (C=O) groups excluding carboxylic acids is 1. The summed E-state index contributed by atoms with van der Waals surface area (Å²) in [6.45, 7) is 5.70. The number of amides is 1. The molecule has 18 heavy (non-hydrogen) atoms. The van der Waals surface area contributed by atoms with Gasteiger partial charge in [-0.25, -0.2) is 0 Å². The highest BCUT2D eigenvalue weighted by Crippen LogP contribution is 2.16. The van der Waals surface area contributed by atoms with Crippen LogP contribution in [0.25, 0.3) is 0 Å². The van der Waals surface area contributed by atoms with Gasteiger partial charge in [0.15, 0.2) is 0 Å². The molecule has 0 aliphatic rings. The maximum Gasteiger partial charge on any atom is 0.220 e. The van der Waals surface area contributed by atoms with Crippen molar-refractivity contribution in [3.05, 3.63) is 29.3 Å². The van der Waals surface area contributed by atoms with E-state index in [1.54, 1.807) is 0 Å². The first-order valence-electron chi connectivity index (χ1n) is 6.30. The zero-order valence-corrected chi connectivity index (χ0v) is 11.2. The van der Waals surface area contributed by atoms with Crippen molar-refractivity contribution >= 4 is 5.91 Å². The van der Waals surface area contributed by atoms with E-state index in [9.17, 15) is 4.79 Å². The zero-order valence-electron chi connectivity index (χ0n) is 11.2. The molecule has 1 rings (SSSR count). The van der Waals surface area contributed by atoms with E-state index in [1.165, 1.54) is 11.1 Å². The fraction of sp³-hybridized carbons (Fsp3) is 0.500. The standard InChI is InChI=1S/C14H22N2O2/c1-11-5-6-13(10-12(11)2)18-9-3-4-14(17)16-8-7-15/h5-6,10H,3-4,7-9,15H2,1-2H3,(H,16,17). The lowest BCUT2D eigenvalue weighted by Crippen LogP contribution is -2.29. The highest BCUT2D eigenvalue weighted by molar-refractivity contribution is 5.75. The minimum absolute atomic E-state index is 0.0316. The molecule has 1 aromatic carbocycles. The second kappa shape index (κ2) is 7.71. The fourth-order valence-corrected chi connectivity index (χ4v) is 1.53. The summed E-state index contributed by atoms with van der Waals surface area (Å²) in [7, 11) is 0. The van der Waals surface area contributed by atoms with Crippen LogP contribution in [0.5, 0.6) is 5.75 Å². The lowest BCUT2D eigenvalue weighted by Gasteiger charge is -2.08. The molecule has 1 aromatic rings. The Morgan fingerprint density at radius 3 is 2.78 bits per heavy atom. The molecular weight excluding hydrogens is 228 g/mol. The summed E-state index contributed by atoms with van der Waals surface area (Å²) in [6.07, 6.45) is 1.19. The Morgan fingerprint density at radius 1 is 1.33 bits per heavy atom. The Morgan fingerprint density at radius 2 is 2.11 bits per heavy atom. The first-order valence-corrected chi connectivity index (χ1v) is 6.30. The van der Waals surface area contributed by atoms with Gasteiger partial charge in [0.1, 0.15) is 5.75 Å². The van der Waals surface area contributed by atoms with Gasteiger partial charge < -0.3 is 15.8 Å². The maximum atomic E-state index is 11.3.